The second-order valence-electron chi connectivity index (χ2n) is 1.06. The van der Waals surface area contributed by atoms with Gasteiger partial charge in [-0.25, -0.2) is 0 Å². The van der Waals surface area contributed by atoms with Crippen molar-refractivity contribution in [2.75, 3.05) is 11.8 Å². The van der Waals surface area contributed by atoms with Crippen LogP contribution in [-0.2, 0) is 0 Å². The average molecular weight is 205 g/mol. The predicted octanol–water partition coefficient (Wildman–Crippen LogP) is 2.43. The first-order valence-corrected chi connectivity index (χ1v) is 3.89. The highest BCUT2D eigenvalue weighted by Crippen LogP contribution is 2.05. The van der Waals surface area contributed by atoms with Gasteiger partial charge in [0.25, 0.3) is 0 Å². The van der Waals surface area contributed by atoms with E-state index in [1.807, 2.05) is 6.42 Å². The third kappa shape index (κ3) is 4.92. The molecule has 0 amide bonds. The third-order valence-corrected chi connectivity index (χ3v) is 2.07. The molecule has 0 aromatic rings. The van der Waals surface area contributed by atoms with Crippen LogP contribution in [0.5, 0.6) is 0 Å². The first kappa shape index (κ1) is 8.06. The first-order valence-electron chi connectivity index (χ1n) is 1.90. The number of hydrogen-bond acceptors (Lipinski definition) is 0. The molecular formula is C4H6BrCl2. The molecule has 0 spiro atoms. The van der Waals surface area contributed by atoms with Crippen molar-refractivity contribution in [2.45, 2.75) is 4.83 Å². The van der Waals surface area contributed by atoms with E-state index < -0.39 is 0 Å². The second kappa shape index (κ2) is 5.20. The summed E-state index contributed by atoms with van der Waals surface area (Å²) in [6.45, 7) is 0. The molecule has 3 heteroatoms. The van der Waals surface area contributed by atoms with E-state index in [1.54, 1.807) is 0 Å². The van der Waals surface area contributed by atoms with E-state index in [4.69, 9.17) is 23.2 Å². The van der Waals surface area contributed by atoms with E-state index in [-0.39, 0.29) is 4.83 Å². The zero-order valence-corrected chi connectivity index (χ0v) is 6.80. The normalized spacial score (nSPS) is 14.1. The zero-order chi connectivity index (χ0) is 5.70. The van der Waals surface area contributed by atoms with Crippen molar-refractivity contribution < 1.29 is 0 Å². The van der Waals surface area contributed by atoms with Crippen molar-refractivity contribution in [1.82, 2.24) is 0 Å². The van der Waals surface area contributed by atoms with Crippen LogP contribution in [0, 0.1) is 6.42 Å². The lowest BCUT2D eigenvalue weighted by Crippen LogP contribution is -1.99. The van der Waals surface area contributed by atoms with E-state index >= 15 is 0 Å². The van der Waals surface area contributed by atoms with Gasteiger partial charge in [0.05, 0.1) is 0 Å². The topological polar surface area (TPSA) is 0 Å². The first-order chi connectivity index (χ1) is 3.31. The molecule has 1 unspecified atom stereocenters. The molecule has 0 N–H and O–H groups in total. The van der Waals surface area contributed by atoms with Crippen LogP contribution < -0.4 is 0 Å². The van der Waals surface area contributed by atoms with Gasteiger partial charge in [-0.05, 0) is 6.42 Å². The van der Waals surface area contributed by atoms with E-state index in [9.17, 15) is 0 Å². The molecule has 0 aromatic heterocycles. The Hall–Kier alpha value is 1.06. The Labute approximate surface area is 62.3 Å². The Morgan fingerprint density at radius 1 is 1.57 bits per heavy atom. The summed E-state index contributed by atoms with van der Waals surface area (Å²) in [4.78, 5) is 0.270. The van der Waals surface area contributed by atoms with Crippen molar-refractivity contribution in [3.63, 3.8) is 0 Å². The van der Waals surface area contributed by atoms with Gasteiger partial charge in [0, 0.05) is 16.6 Å². The molecule has 0 nitrogen and oxygen atoms in total. The van der Waals surface area contributed by atoms with Crippen LogP contribution in [0.3, 0.4) is 0 Å². The van der Waals surface area contributed by atoms with Gasteiger partial charge in [0.15, 0.2) is 0 Å². The largest absolute Gasteiger partial charge is 0.126 e. The van der Waals surface area contributed by atoms with Gasteiger partial charge in [-0.2, -0.15) is 0 Å². The van der Waals surface area contributed by atoms with Gasteiger partial charge < -0.3 is 0 Å². The molecule has 0 aromatic carbocycles. The van der Waals surface area contributed by atoms with Crippen LogP contribution in [0.1, 0.15) is 0 Å². The number of alkyl halides is 3. The monoisotopic (exact) mass is 203 g/mol. The molecule has 0 aliphatic carbocycles. The van der Waals surface area contributed by atoms with Crippen LogP contribution in [0.4, 0.5) is 0 Å². The number of halogens is 3. The molecule has 0 bridgehead atoms. The molecule has 1 atom stereocenters. The number of hydrogen-bond donors (Lipinski definition) is 0. The Kier molecular flexibility index (Phi) is 5.99. The Balaban J connectivity index is 2.83. The molecule has 0 aliphatic rings. The third-order valence-electron chi connectivity index (χ3n) is 0.492. The van der Waals surface area contributed by atoms with Crippen molar-refractivity contribution in [1.29, 1.82) is 0 Å². The van der Waals surface area contributed by atoms with Crippen LogP contribution >= 0.6 is 39.1 Å². The Morgan fingerprint density at radius 2 is 2.14 bits per heavy atom. The fourth-order valence-electron chi connectivity index (χ4n) is 0.160. The minimum Gasteiger partial charge on any atom is -0.126 e. The maximum Gasteiger partial charge on any atom is 0.0352 e. The van der Waals surface area contributed by atoms with Gasteiger partial charge >= 0.3 is 0 Å². The summed E-state index contributed by atoms with van der Waals surface area (Å²) in [6.07, 6.45) is 1.90. The molecule has 0 saturated heterocycles. The van der Waals surface area contributed by atoms with E-state index in [0.717, 1.165) is 0 Å². The molecule has 0 fully saturated rings. The number of rotatable bonds is 3. The fraction of sp³-hybridized carbons (Fsp3) is 0.750. The zero-order valence-electron chi connectivity index (χ0n) is 3.70. The summed E-state index contributed by atoms with van der Waals surface area (Å²) < 4.78 is 0. The highest BCUT2D eigenvalue weighted by atomic mass is 79.9. The maximum absolute atomic E-state index is 5.39. The molecule has 43 valence electrons. The molecule has 0 heterocycles. The van der Waals surface area contributed by atoms with Gasteiger partial charge in [-0.15, -0.1) is 23.2 Å². The Morgan fingerprint density at radius 3 is 2.29 bits per heavy atom. The summed E-state index contributed by atoms with van der Waals surface area (Å²) in [6, 6.07) is 0. The predicted molar refractivity (Wildman–Crippen MR) is 38.5 cm³/mol. The van der Waals surface area contributed by atoms with E-state index in [2.05, 4.69) is 15.9 Å². The highest BCUT2D eigenvalue weighted by molar-refractivity contribution is 9.09. The molecule has 1 radical (unpaired) electrons. The van der Waals surface area contributed by atoms with Gasteiger partial charge in [0.2, 0.25) is 0 Å². The van der Waals surface area contributed by atoms with Crippen LogP contribution in [0.15, 0.2) is 0 Å². The SMILES string of the molecule is ClC[CH]C(Br)CCl. The molecule has 7 heavy (non-hydrogen) atoms. The quantitative estimate of drug-likeness (QED) is 0.620. The lowest BCUT2D eigenvalue weighted by atomic mass is 10.4. The van der Waals surface area contributed by atoms with Gasteiger partial charge in [0.1, 0.15) is 0 Å². The van der Waals surface area contributed by atoms with Crippen LogP contribution in [0.2, 0.25) is 0 Å². The lowest BCUT2D eigenvalue weighted by Gasteiger charge is -1.97. The minimum absolute atomic E-state index is 0.270. The van der Waals surface area contributed by atoms with Crippen molar-refractivity contribution in [3.8, 4) is 0 Å². The summed E-state index contributed by atoms with van der Waals surface area (Å²) in [7, 11) is 0. The van der Waals surface area contributed by atoms with Gasteiger partial charge in [-0.1, -0.05) is 15.9 Å². The van der Waals surface area contributed by atoms with E-state index in [0.29, 0.717) is 11.8 Å². The summed E-state index contributed by atoms with van der Waals surface area (Å²) in [5, 5.41) is 0. The summed E-state index contributed by atoms with van der Waals surface area (Å²) in [5.41, 5.74) is 0. The van der Waals surface area contributed by atoms with Crippen LogP contribution in [0.25, 0.3) is 0 Å². The second-order valence-corrected chi connectivity index (χ2v) is 2.85. The van der Waals surface area contributed by atoms with Gasteiger partial charge in [-0.3, -0.25) is 0 Å². The van der Waals surface area contributed by atoms with Crippen LogP contribution in [-0.4, -0.2) is 16.6 Å². The molecule has 0 saturated carbocycles. The van der Waals surface area contributed by atoms with Crippen molar-refractivity contribution in [3.05, 3.63) is 6.42 Å². The Bertz CT molecular complexity index is 40.7. The molecule has 0 aliphatic heterocycles. The summed E-state index contributed by atoms with van der Waals surface area (Å²) >= 11 is 14.0. The lowest BCUT2D eigenvalue weighted by molar-refractivity contribution is 1.15. The fourth-order valence-corrected chi connectivity index (χ4v) is 0.903. The summed E-state index contributed by atoms with van der Waals surface area (Å²) in [5.74, 6) is 1.15. The minimum atomic E-state index is 0.270. The molecule has 0 rings (SSSR count). The highest BCUT2D eigenvalue weighted by Gasteiger charge is 1.97. The average Bonchev–Trinajstić information content (AvgIpc) is 1.68. The molecular weight excluding hydrogens is 199 g/mol. The van der Waals surface area contributed by atoms with Crippen molar-refractivity contribution in [2.24, 2.45) is 0 Å². The smallest absolute Gasteiger partial charge is 0.0352 e. The maximum atomic E-state index is 5.39. The van der Waals surface area contributed by atoms with E-state index in [1.165, 1.54) is 0 Å². The van der Waals surface area contributed by atoms with Crippen molar-refractivity contribution >= 4 is 39.1 Å². The standard InChI is InChI=1S/C4H6BrCl2/c5-4(3-7)1-2-6/h1,4H,2-3H2.